The molecule has 2 fully saturated rings. The van der Waals surface area contributed by atoms with Gasteiger partial charge in [0.05, 0.1) is 17.7 Å². The van der Waals surface area contributed by atoms with Crippen molar-refractivity contribution in [3.05, 3.63) is 64.2 Å². The number of nitrogens with one attached hydrogen (secondary N) is 1. The predicted octanol–water partition coefficient (Wildman–Crippen LogP) is 5.18. The molecule has 1 aliphatic heterocycles. The molecule has 1 heterocycles. The molecule has 5 nitrogen and oxygen atoms in total. The predicted molar refractivity (Wildman–Crippen MR) is 125 cm³/mol. The summed E-state index contributed by atoms with van der Waals surface area (Å²) in [7, 11) is -1.61. The summed E-state index contributed by atoms with van der Waals surface area (Å²) >= 11 is 0. The number of alkyl halides is 3. The minimum Gasteiger partial charge on any atom is -0.493 e. The maximum Gasteiger partial charge on any atom is 0.419 e. The zero-order chi connectivity index (χ0) is 26.0. The Morgan fingerprint density at radius 3 is 2.39 bits per heavy atom. The smallest absolute Gasteiger partial charge is 0.419 e. The molecule has 0 bridgehead atoms. The molecule has 1 atom stereocenters. The molecule has 2 aliphatic rings. The first-order chi connectivity index (χ1) is 17.0. The average molecular weight is 531 g/mol. The van der Waals surface area contributed by atoms with Crippen LogP contribution in [0.4, 0.5) is 22.0 Å². The van der Waals surface area contributed by atoms with Crippen LogP contribution in [0.1, 0.15) is 58.6 Å². The van der Waals surface area contributed by atoms with Crippen LogP contribution in [0.5, 0.6) is 5.75 Å². The van der Waals surface area contributed by atoms with Crippen molar-refractivity contribution in [3.8, 4) is 5.75 Å². The van der Waals surface area contributed by atoms with Gasteiger partial charge in [-0.25, -0.2) is 13.0 Å². The highest BCUT2D eigenvalue weighted by molar-refractivity contribution is 7.82. The van der Waals surface area contributed by atoms with Gasteiger partial charge in [0, 0.05) is 18.9 Å². The number of rotatable bonds is 8. The van der Waals surface area contributed by atoms with Crippen LogP contribution in [0.2, 0.25) is 0 Å². The molecule has 0 radical (unpaired) electrons. The molecule has 36 heavy (non-hydrogen) atoms. The number of piperidine rings is 1. The second-order valence-electron chi connectivity index (χ2n) is 9.37. The second kappa shape index (κ2) is 10.8. The van der Waals surface area contributed by atoms with E-state index in [0.717, 1.165) is 43.4 Å². The standard InChI is InChI=1S/C25H27F5N2O3S/c1-36(34)31-24(33)19-11-18(17-3-4-17)23(12-22(19)27)35-14-15-6-8-32(9-7-15)13-16-2-5-21(26)20(10-16)25(28,29)30/h2,5,10-12,15,17H,3-4,6-9,13-14H2,1H3,(H,31,33). The number of carbonyl (C=O) groups excluding carboxylic acids is 1. The number of amides is 1. The fourth-order valence-corrected chi connectivity index (χ4v) is 4.81. The molecule has 0 spiro atoms. The minimum absolute atomic E-state index is 0.165. The number of ether oxygens (including phenoxy) is 1. The van der Waals surface area contributed by atoms with Crippen molar-refractivity contribution in [2.45, 2.75) is 44.3 Å². The van der Waals surface area contributed by atoms with Crippen molar-refractivity contribution in [1.29, 1.82) is 0 Å². The maximum atomic E-state index is 14.6. The van der Waals surface area contributed by atoms with E-state index in [1.165, 1.54) is 24.5 Å². The third-order valence-electron chi connectivity index (χ3n) is 6.52. The highest BCUT2D eigenvalue weighted by Gasteiger charge is 2.34. The zero-order valence-electron chi connectivity index (χ0n) is 19.7. The Balaban J connectivity index is 1.34. The Kier molecular flexibility index (Phi) is 7.99. The van der Waals surface area contributed by atoms with E-state index in [0.29, 0.717) is 37.6 Å². The number of benzene rings is 2. The number of hydrogen-bond acceptors (Lipinski definition) is 4. The molecule has 2 aromatic rings. The maximum absolute atomic E-state index is 14.6. The minimum atomic E-state index is -4.74. The number of hydrogen-bond donors (Lipinski definition) is 1. The van der Waals surface area contributed by atoms with Gasteiger partial charge in [-0.05, 0) is 79.9 Å². The summed E-state index contributed by atoms with van der Waals surface area (Å²) < 4.78 is 86.5. The third-order valence-corrected chi connectivity index (χ3v) is 6.99. The van der Waals surface area contributed by atoms with Crippen molar-refractivity contribution < 1.29 is 35.7 Å². The Labute approximate surface area is 208 Å². The van der Waals surface area contributed by atoms with Gasteiger partial charge in [0.1, 0.15) is 28.4 Å². The van der Waals surface area contributed by atoms with Crippen LogP contribution < -0.4 is 9.46 Å². The first kappa shape index (κ1) is 26.5. The number of halogens is 5. The lowest BCUT2D eigenvalue weighted by Crippen LogP contribution is -2.35. The van der Waals surface area contributed by atoms with E-state index in [9.17, 15) is 31.0 Å². The SMILES string of the molecule is CS(=O)NC(=O)c1cc(C2CC2)c(OCC2CCN(Cc3ccc(F)c(C(F)(F)F)c3)CC2)cc1F. The van der Waals surface area contributed by atoms with E-state index < -0.39 is 40.3 Å². The largest absolute Gasteiger partial charge is 0.493 e. The average Bonchev–Trinajstić information content (AvgIpc) is 3.64. The van der Waals surface area contributed by atoms with Gasteiger partial charge in [0.15, 0.2) is 0 Å². The fraction of sp³-hybridized carbons (Fsp3) is 0.480. The molecule has 1 aliphatic carbocycles. The van der Waals surface area contributed by atoms with Gasteiger partial charge < -0.3 is 4.74 Å². The van der Waals surface area contributed by atoms with Gasteiger partial charge >= 0.3 is 6.18 Å². The normalized spacial score (nSPS) is 18.2. The van der Waals surface area contributed by atoms with Crippen LogP contribution in [0, 0.1) is 17.6 Å². The molecular formula is C25H27F5N2O3S. The number of nitrogens with zero attached hydrogens (tertiary/aromatic N) is 1. The lowest BCUT2D eigenvalue weighted by atomic mass is 9.97. The molecule has 1 unspecified atom stereocenters. The van der Waals surface area contributed by atoms with E-state index in [-0.39, 0.29) is 17.4 Å². The van der Waals surface area contributed by atoms with E-state index in [1.54, 1.807) is 0 Å². The quantitative estimate of drug-likeness (QED) is 0.479. The van der Waals surface area contributed by atoms with Crippen molar-refractivity contribution in [2.24, 2.45) is 5.92 Å². The van der Waals surface area contributed by atoms with E-state index >= 15 is 0 Å². The van der Waals surface area contributed by atoms with Gasteiger partial charge in [-0.2, -0.15) is 13.2 Å². The summed E-state index contributed by atoms with van der Waals surface area (Å²) in [6.07, 6.45) is -0.115. The molecule has 1 saturated heterocycles. The van der Waals surface area contributed by atoms with Crippen molar-refractivity contribution in [3.63, 3.8) is 0 Å². The molecule has 4 rings (SSSR count). The molecule has 1 N–H and O–H groups in total. The Morgan fingerprint density at radius 2 is 1.78 bits per heavy atom. The summed E-state index contributed by atoms with van der Waals surface area (Å²) in [6, 6.07) is 5.77. The third kappa shape index (κ3) is 6.61. The van der Waals surface area contributed by atoms with Gasteiger partial charge in [-0.15, -0.1) is 0 Å². The highest BCUT2D eigenvalue weighted by Crippen LogP contribution is 2.45. The lowest BCUT2D eigenvalue weighted by Gasteiger charge is -2.32. The fourth-order valence-electron chi connectivity index (χ4n) is 4.43. The monoisotopic (exact) mass is 530 g/mol. The summed E-state index contributed by atoms with van der Waals surface area (Å²) in [5.41, 5.74) is -0.257. The van der Waals surface area contributed by atoms with Crippen LogP contribution in [0.3, 0.4) is 0 Å². The summed E-state index contributed by atoms with van der Waals surface area (Å²) in [5, 5.41) is 0. The Hall–Kier alpha value is -2.53. The summed E-state index contributed by atoms with van der Waals surface area (Å²) in [5.74, 6) is -1.99. The van der Waals surface area contributed by atoms with Crippen LogP contribution in [0.15, 0.2) is 30.3 Å². The van der Waals surface area contributed by atoms with Gasteiger partial charge in [-0.3, -0.25) is 14.4 Å². The van der Waals surface area contributed by atoms with Crippen molar-refractivity contribution in [2.75, 3.05) is 26.0 Å². The Bertz CT molecular complexity index is 1150. The van der Waals surface area contributed by atoms with Crippen LogP contribution in [0.25, 0.3) is 0 Å². The van der Waals surface area contributed by atoms with Crippen molar-refractivity contribution in [1.82, 2.24) is 9.62 Å². The molecular weight excluding hydrogens is 503 g/mol. The molecule has 0 aromatic heterocycles. The number of likely N-dealkylation sites (tertiary alicyclic amines) is 1. The van der Waals surface area contributed by atoms with Crippen LogP contribution in [-0.2, 0) is 23.7 Å². The molecule has 1 saturated carbocycles. The highest BCUT2D eigenvalue weighted by atomic mass is 32.2. The molecule has 196 valence electrons. The topological polar surface area (TPSA) is 58.6 Å². The first-order valence-electron chi connectivity index (χ1n) is 11.7. The lowest BCUT2D eigenvalue weighted by molar-refractivity contribution is -0.140. The second-order valence-corrected chi connectivity index (χ2v) is 10.5. The molecule has 11 heteroatoms. The summed E-state index contributed by atoms with van der Waals surface area (Å²) in [4.78, 5) is 14.2. The summed E-state index contributed by atoms with van der Waals surface area (Å²) in [6.45, 7) is 1.93. The van der Waals surface area contributed by atoms with E-state index in [4.69, 9.17) is 4.74 Å². The Morgan fingerprint density at radius 1 is 1.08 bits per heavy atom. The van der Waals surface area contributed by atoms with Gasteiger partial charge in [0.2, 0.25) is 0 Å². The van der Waals surface area contributed by atoms with E-state index in [1.807, 2.05) is 4.90 Å². The zero-order valence-corrected chi connectivity index (χ0v) is 20.5. The molecule has 1 amide bonds. The number of carbonyl (C=O) groups is 1. The van der Waals surface area contributed by atoms with Crippen molar-refractivity contribution >= 4 is 16.9 Å². The van der Waals surface area contributed by atoms with Gasteiger partial charge in [0.25, 0.3) is 5.91 Å². The van der Waals surface area contributed by atoms with Crippen LogP contribution in [-0.4, -0.2) is 41.0 Å². The van der Waals surface area contributed by atoms with E-state index in [2.05, 4.69) is 4.72 Å². The molecule has 2 aromatic carbocycles. The first-order valence-corrected chi connectivity index (χ1v) is 13.3. The van der Waals surface area contributed by atoms with Gasteiger partial charge in [-0.1, -0.05) is 6.07 Å². The van der Waals surface area contributed by atoms with Crippen LogP contribution >= 0.6 is 0 Å².